The van der Waals surface area contributed by atoms with Crippen LogP contribution < -0.4 is 15.4 Å². The first-order valence-electron chi connectivity index (χ1n) is 9.74. The predicted molar refractivity (Wildman–Crippen MR) is 110 cm³/mol. The Balaban J connectivity index is 1.47. The molecule has 0 fully saturated rings. The van der Waals surface area contributed by atoms with Crippen molar-refractivity contribution < 1.29 is 14.3 Å². The summed E-state index contributed by atoms with van der Waals surface area (Å²) >= 11 is 0. The molecule has 0 aliphatic carbocycles. The molecule has 0 unspecified atom stereocenters. The maximum atomic E-state index is 12.3. The minimum atomic E-state index is -0.162. The van der Waals surface area contributed by atoms with Crippen LogP contribution in [0.25, 0.3) is 0 Å². The molecule has 0 aromatic heterocycles. The van der Waals surface area contributed by atoms with E-state index in [1.54, 1.807) is 0 Å². The van der Waals surface area contributed by atoms with E-state index < -0.39 is 0 Å². The molecule has 2 N–H and O–H groups in total. The van der Waals surface area contributed by atoms with Gasteiger partial charge < -0.3 is 15.4 Å². The second-order valence-electron chi connectivity index (χ2n) is 8.13. The number of amides is 2. The summed E-state index contributed by atoms with van der Waals surface area (Å²) in [4.78, 5) is 24.6. The second-order valence-corrected chi connectivity index (χ2v) is 8.13. The molecule has 2 amide bonds. The van der Waals surface area contributed by atoms with Gasteiger partial charge in [0.1, 0.15) is 5.75 Å². The monoisotopic (exact) mass is 380 g/mol. The number of nitrogens with one attached hydrogen (secondary N) is 2. The predicted octanol–water partition coefficient (Wildman–Crippen LogP) is 3.74. The summed E-state index contributed by atoms with van der Waals surface area (Å²) in [5, 5.41) is 5.86. The van der Waals surface area contributed by atoms with Gasteiger partial charge in [0.05, 0.1) is 12.6 Å². The molecule has 0 spiro atoms. The lowest BCUT2D eigenvalue weighted by Gasteiger charge is -2.26. The van der Waals surface area contributed by atoms with Gasteiger partial charge >= 0.3 is 0 Å². The molecule has 2 aromatic carbocycles. The zero-order valence-corrected chi connectivity index (χ0v) is 16.7. The van der Waals surface area contributed by atoms with Gasteiger partial charge in [-0.1, -0.05) is 51.1 Å². The van der Waals surface area contributed by atoms with Gasteiger partial charge in [-0.25, -0.2) is 0 Å². The number of hydrogen-bond donors (Lipinski definition) is 2. The summed E-state index contributed by atoms with van der Waals surface area (Å²) in [7, 11) is 0. The van der Waals surface area contributed by atoms with Crippen molar-refractivity contribution in [1.29, 1.82) is 0 Å². The van der Waals surface area contributed by atoms with E-state index in [2.05, 4.69) is 31.4 Å². The molecule has 148 valence electrons. The van der Waals surface area contributed by atoms with Crippen molar-refractivity contribution in [2.45, 2.75) is 45.1 Å². The van der Waals surface area contributed by atoms with Gasteiger partial charge in [0.15, 0.2) is 0 Å². The van der Waals surface area contributed by atoms with Crippen molar-refractivity contribution in [3.63, 3.8) is 0 Å². The third kappa shape index (κ3) is 4.91. The summed E-state index contributed by atoms with van der Waals surface area (Å²) in [5.41, 5.74) is 2.84. The Hall–Kier alpha value is -2.82. The van der Waals surface area contributed by atoms with Crippen molar-refractivity contribution in [2.24, 2.45) is 0 Å². The van der Waals surface area contributed by atoms with Crippen LogP contribution in [0.4, 0.5) is 0 Å². The molecule has 5 heteroatoms. The first-order valence-corrected chi connectivity index (χ1v) is 9.74. The Labute approximate surface area is 166 Å². The van der Waals surface area contributed by atoms with Crippen LogP contribution in [-0.4, -0.2) is 25.0 Å². The smallest absolute Gasteiger partial charge is 0.251 e. The SMILES string of the molecule is CC(C)(C)c1ccc(C(=O)NCCC(=O)N[C@H]2CCOc3ccccc32)cc1. The Bertz CT molecular complexity index is 838. The third-order valence-corrected chi connectivity index (χ3v) is 4.94. The van der Waals surface area contributed by atoms with Crippen LogP contribution in [0.3, 0.4) is 0 Å². The number of rotatable bonds is 5. The summed E-state index contributed by atoms with van der Waals surface area (Å²) in [6, 6.07) is 15.3. The number of carbonyl (C=O) groups excluding carboxylic acids is 2. The van der Waals surface area contributed by atoms with Crippen LogP contribution >= 0.6 is 0 Å². The highest BCUT2D eigenvalue weighted by Crippen LogP contribution is 2.31. The van der Waals surface area contributed by atoms with E-state index in [1.807, 2.05) is 48.5 Å². The molecule has 5 nitrogen and oxygen atoms in total. The number of carbonyl (C=O) groups is 2. The molecule has 1 atom stereocenters. The summed E-state index contributed by atoms with van der Waals surface area (Å²) in [6.07, 6.45) is 0.987. The highest BCUT2D eigenvalue weighted by Gasteiger charge is 2.22. The van der Waals surface area contributed by atoms with Gasteiger partial charge in [0.25, 0.3) is 5.91 Å². The molecule has 0 saturated heterocycles. The Morgan fingerprint density at radius 3 is 2.50 bits per heavy atom. The van der Waals surface area contributed by atoms with E-state index in [4.69, 9.17) is 4.74 Å². The molecule has 1 aliphatic rings. The average Bonchev–Trinajstić information content (AvgIpc) is 2.67. The molecule has 0 radical (unpaired) electrons. The molecule has 1 aliphatic heterocycles. The number of para-hydroxylation sites is 1. The largest absolute Gasteiger partial charge is 0.493 e. The van der Waals surface area contributed by atoms with Crippen molar-refractivity contribution in [1.82, 2.24) is 10.6 Å². The molecule has 3 rings (SSSR count). The lowest BCUT2D eigenvalue weighted by atomic mass is 9.87. The highest BCUT2D eigenvalue weighted by atomic mass is 16.5. The molecular weight excluding hydrogens is 352 g/mol. The van der Waals surface area contributed by atoms with Gasteiger partial charge in [-0.15, -0.1) is 0 Å². The second kappa shape index (κ2) is 8.46. The first-order chi connectivity index (χ1) is 13.3. The number of ether oxygens (including phenoxy) is 1. The van der Waals surface area contributed by atoms with Crippen LogP contribution in [0.1, 0.15) is 61.1 Å². The minimum absolute atomic E-state index is 0.0434. The highest BCUT2D eigenvalue weighted by molar-refractivity contribution is 5.94. The Kier molecular flexibility index (Phi) is 6.02. The first kappa shape index (κ1) is 19.9. The molecule has 0 saturated carbocycles. The van der Waals surface area contributed by atoms with Crippen LogP contribution in [0.2, 0.25) is 0 Å². The zero-order valence-electron chi connectivity index (χ0n) is 16.7. The molecule has 1 heterocycles. The molecular formula is C23H28N2O3. The molecule has 28 heavy (non-hydrogen) atoms. The lowest BCUT2D eigenvalue weighted by molar-refractivity contribution is -0.121. The number of hydrogen-bond acceptors (Lipinski definition) is 3. The van der Waals surface area contributed by atoms with Crippen LogP contribution in [-0.2, 0) is 10.2 Å². The third-order valence-electron chi connectivity index (χ3n) is 4.94. The van der Waals surface area contributed by atoms with Crippen molar-refractivity contribution in [2.75, 3.05) is 13.2 Å². The summed E-state index contributed by atoms with van der Waals surface area (Å²) in [5.74, 6) is 0.584. The quantitative estimate of drug-likeness (QED) is 0.830. The maximum absolute atomic E-state index is 12.3. The van der Waals surface area contributed by atoms with Gasteiger partial charge in [-0.3, -0.25) is 9.59 Å². The van der Waals surface area contributed by atoms with Gasteiger partial charge in [-0.2, -0.15) is 0 Å². The Morgan fingerprint density at radius 1 is 1.07 bits per heavy atom. The lowest BCUT2D eigenvalue weighted by Crippen LogP contribution is -2.35. The zero-order chi connectivity index (χ0) is 20.1. The normalized spacial score (nSPS) is 15.9. The molecule has 2 aromatic rings. The van der Waals surface area contributed by atoms with E-state index in [1.165, 1.54) is 5.56 Å². The summed E-state index contributed by atoms with van der Waals surface area (Å²) in [6.45, 7) is 7.30. The minimum Gasteiger partial charge on any atom is -0.493 e. The van der Waals surface area contributed by atoms with E-state index in [9.17, 15) is 9.59 Å². The molecule has 0 bridgehead atoms. The van der Waals surface area contributed by atoms with Gasteiger partial charge in [0.2, 0.25) is 5.91 Å². The van der Waals surface area contributed by atoms with Crippen LogP contribution in [0, 0.1) is 0 Å². The van der Waals surface area contributed by atoms with Gasteiger partial charge in [-0.05, 0) is 29.2 Å². The van der Waals surface area contributed by atoms with E-state index >= 15 is 0 Å². The fraction of sp³-hybridized carbons (Fsp3) is 0.391. The van der Waals surface area contributed by atoms with E-state index in [-0.39, 0.29) is 29.7 Å². The van der Waals surface area contributed by atoms with Crippen LogP contribution in [0.15, 0.2) is 48.5 Å². The fourth-order valence-electron chi connectivity index (χ4n) is 3.27. The maximum Gasteiger partial charge on any atom is 0.251 e. The fourth-order valence-corrected chi connectivity index (χ4v) is 3.27. The van der Waals surface area contributed by atoms with Crippen LogP contribution in [0.5, 0.6) is 5.75 Å². The Morgan fingerprint density at radius 2 is 1.79 bits per heavy atom. The van der Waals surface area contributed by atoms with Crippen molar-refractivity contribution in [3.8, 4) is 5.75 Å². The number of benzene rings is 2. The van der Waals surface area contributed by atoms with Crippen molar-refractivity contribution in [3.05, 3.63) is 65.2 Å². The standard InChI is InChI=1S/C23H28N2O3/c1-23(2,3)17-10-8-16(9-11-17)22(27)24-14-12-21(26)25-19-13-15-28-20-7-5-4-6-18(19)20/h4-11,19H,12-15H2,1-3H3,(H,24,27)(H,25,26)/t19-/m0/s1. The topological polar surface area (TPSA) is 67.4 Å². The van der Waals surface area contributed by atoms with Crippen molar-refractivity contribution >= 4 is 11.8 Å². The number of fused-ring (bicyclic) bond motifs is 1. The summed E-state index contributed by atoms with van der Waals surface area (Å²) < 4.78 is 5.62. The van der Waals surface area contributed by atoms with E-state index in [0.717, 1.165) is 17.7 Å². The average molecular weight is 380 g/mol. The van der Waals surface area contributed by atoms with E-state index in [0.29, 0.717) is 18.7 Å². The van der Waals surface area contributed by atoms with Gasteiger partial charge in [0, 0.05) is 30.5 Å².